The van der Waals surface area contributed by atoms with Crippen LogP contribution >= 0.6 is 0 Å². The van der Waals surface area contributed by atoms with Crippen molar-refractivity contribution in [2.24, 2.45) is 29.6 Å². The Morgan fingerprint density at radius 3 is 2.64 bits per heavy atom. The highest BCUT2D eigenvalue weighted by atomic mass is 19.2. The summed E-state index contributed by atoms with van der Waals surface area (Å²) in [6.07, 6.45) is 9.18. The predicted octanol–water partition coefficient (Wildman–Crippen LogP) is 7.15. The molecule has 0 radical (unpaired) electrons. The van der Waals surface area contributed by atoms with Gasteiger partial charge in [0, 0.05) is 31.9 Å². The van der Waals surface area contributed by atoms with E-state index in [2.05, 4.69) is 12.2 Å². The van der Waals surface area contributed by atoms with Crippen molar-refractivity contribution in [3.63, 3.8) is 0 Å². The fourth-order valence-electron chi connectivity index (χ4n) is 7.41. The number of ketones is 1. The summed E-state index contributed by atoms with van der Waals surface area (Å²) >= 11 is 0. The van der Waals surface area contributed by atoms with E-state index in [1.807, 2.05) is 42.2 Å². The molecule has 6 nitrogen and oxygen atoms in total. The van der Waals surface area contributed by atoms with E-state index in [0.29, 0.717) is 43.3 Å². The van der Waals surface area contributed by atoms with Gasteiger partial charge < -0.3 is 20.1 Å². The summed E-state index contributed by atoms with van der Waals surface area (Å²) in [5.74, 6) is -1.49. The first-order valence-corrected chi connectivity index (χ1v) is 16.3. The average molecular weight is 609 g/mol. The van der Waals surface area contributed by atoms with Gasteiger partial charge in [-0.15, -0.1) is 0 Å². The summed E-state index contributed by atoms with van der Waals surface area (Å²) in [5, 5.41) is 12.5. The number of likely N-dealkylation sites (tertiary alicyclic amines) is 1. The molecule has 1 aromatic rings. The number of carbonyl (C=O) groups excluding carboxylic acids is 2. The number of aliphatic hydroxyl groups is 1. The summed E-state index contributed by atoms with van der Waals surface area (Å²) in [5.41, 5.74) is 3.97. The number of nitrogens with one attached hydrogen (secondary N) is 1. The Kier molecular flexibility index (Phi) is 10.7. The molecule has 5 rings (SSSR count). The predicted molar refractivity (Wildman–Crippen MR) is 167 cm³/mol. The number of ether oxygens (including phenoxy) is 1. The van der Waals surface area contributed by atoms with Gasteiger partial charge in [-0.3, -0.25) is 4.79 Å². The molecule has 2 aliphatic heterocycles. The molecule has 0 spiro atoms. The molecule has 2 aliphatic carbocycles. The van der Waals surface area contributed by atoms with Gasteiger partial charge in [-0.1, -0.05) is 55.5 Å². The molecule has 44 heavy (non-hydrogen) atoms. The molecule has 0 saturated carbocycles. The van der Waals surface area contributed by atoms with Gasteiger partial charge in [0.05, 0.1) is 5.92 Å². The van der Waals surface area contributed by atoms with Crippen molar-refractivity contribution in [3.05, 3.63) is 82.9 Å². The van der Waals surface area contributed by atoms with Crippen LogP contribution in [-0.4, -0.2) is 54.3 Å². The van der Waals surface area contributed by atoms with E-state index in [1.165, 1.54) is 29.5 Å². The average Bonchev–Trinajstić information content (AvgIpc) is 3.03. The fourth-order valence-corrected chi connectivity index (χ4v) is 7.41. The Morgan fingerprint density at radius 1 is 1.16 bits per heavy atom. The number of halogens is 2. The van der Waals surface area contributed by atoms with Crippen molar-refractivity contribution in [1.29, 1.82) is 0 Å². The lowest BCUT2D eigenvalue weighted by atomic mass is 9.68. The molecule has 6 atom stereocenters. The van der Waals surface area contributed by atoms with Crippen LogP contribution in [0.4, 0.5) is 13.6 Å². The Balaban J connectivity index is 1.17. The first kappa shape index (κ1) is 32.1. The molecule has 1 fully saturated rings. The highest BCUT2D eigenvalue weighted by molar-refractivity contribution is 5.94. The zero-order valence-corrected chi connectivity index (χ0v) is 25.9. The molecular formula is C36H46F2N2O4. The van der Waals surface area contributed by atoms with Crippen molar-refractivity contribution >= 4 is 11.9 Å². The highest BCUT2D eigenvalue weighted by Crippen LogP contribution is 2.47. The number of benzene rings is 1. The minimum absolute atomic E-state index is 0.0985. The summed E-state index contributed by atoms with van der Waals surface area (Å²) in [6.45, 7) is 6.19. The van der Waals surface area contributed by atoms with Crippen LogP contribution in [0.1, 0.15) is 70.5 Å². The molecule has 0 bridgehead atoms. The van der Waals surface area contributed by atoms with E-state index in [4.69, 9.17) is 9.84 Å². The third kappa shape index (κ3) is 7.33. The van der Waals surface area contributed by atoms with Crippen LogP contribution in [0.2, 0.25) is 0 Å². The lowest BCUT2D eigenvalue weighted by molar-refractivity contribution is -0.118. The van der Waals surface area contributed by atoms with Crippen LogP contribution in [-0.2, 0) is 9.53 Å². The lowest BCUT2D eigenvalue weighted by Gasteiger charge is -2.42. The third-order valence-electron chi connectivity index (χ3n) is 10.0. The maximum absolute atomic E-state index is 15.4. The molecule has 8 heteroatoms. The zero-order valence-electron chi connectivity index (χ0n) is 25.9. The van der Waals surface area contributed by atoms with Gasteiger partial charge in [-0.05, 0) is 98.3 Å². The first-order chi connectivity index (χ1) is 21.3. The van der Waals surface area contributed by atoms with Gasteiger partial charge in [0.25, 0.3) is 0 Å². The number of aliphatic hydroxyl groups excluding tert-OH is 1. The second kappa shape index (κ2) is 14.7. The largest absolute Gasteiger partial charge is 0.442 e. The van der Waals surface area contributed by atoms with Gasteiger partial charge in [0.2, 0.25) is 0 Å². The van der Waals surface area contributed by atoms with E-state index in [9.17, 15) is 9.59 Å². The molecule has 2 N–H and O–H groups in total. The Hall–Kier alpha value is -3.26. The number of alkyl halides is 1. The Bertz CT molecular complexity index is 1300. The smallest absolute Gasteiger partial charge is 0.410 e. The van der Waals surface area contributed by atoms with Crippen molar-refractivity contribution in [2.75, 3.05) is 26.2 Å². The summed E-state index contributed by atoms with van der Waals surface area (Å²) < 4.78 is 36.3. The molecule has 1 aromatic carbocycles. The SMILES string of the molecule is CC1CC2=C(CC1C1=C(F)C(F)C(C(=O)/C=C/CCO)C=C1)NCCC2CC1CCN(C(=O)O[C@@H](C)c2ccccc2)CC1. The lowest BCUT2D eigenvalue weighted by Crippen LogP contribution is -2.40. The number of carbonyl (C=O) groups is 2. The molecule has 238 valence electrons. The summed E-state index contributed by atoms with van der Waals surface area (Å²) in [6, 6.07) is 9.78. The maximum atomic E-state index is 15.4. The number of allylic oxidation sites excluding steroid dienone is 7. The van der Waals surface area contributed by atoms with Crippen LogP contribution in [0.3, 0.4) is 0 Å². The number of amides is 1. The van der Waals surface area contributed by atoms with Crippen LogP contribution < -0.4 is 5.32 Å². The van der Waals surface area contributed by atoms with E-state index < -0.39 is 23.7 Å². The van der Waals surface area contributed by atoms with Gasteiger partial charge >= 0.3 is 6.09 Å². The second-order valence-corrected chi connectivity index (χ2v) is 12.9. The Labute approximate surface area is 259 Å². The molecule has 1 amide bonds. The van der Waals surface area contributed by atoms with Crippen LogP contribution in [0.5, 0.6) is 0 Å². The maximum Gasteiger partial charge on any atom is 0.410 e. The number of hydrogen-bond acceptors (Lipinski definition) is 5. The van der Waals surface area contributed by atoms with Crippen molar-refractivity contribution < 1.29 is 28.2 Å². The standard InChI is InChI=1S/C36H46F2N2O4/c1-23-20-31-27(21-25-14-17-40(18-15-25)36(43)44-24(2)26-8-4-3-5-9-26)13-16-39-32(31)22-30(23)28-11-12-29(35(38)34(28)37)33(42)10-6-7-19-41/h3-6,8-12,23-25,27,29-30,35,39,41H,7,13-22H2,1-2H3/b10-6+/t23?,24-,27?,29?,30?,35?/m0/s1. The molecule has 4 aliphatic rings. The van der Waals surface area contributed by atoms with Gasteiger partial charge in [-0.25, -0.2) is 13.6 Å². The minimum Gasteiger partial charge on any atom is -0.442 e. The number of nitrogens with zero attached hydrogens (tertiary/aromatic N) is 1. The third-order valence-corrected chi connectivity index (χ3v) is 10.0. The van der Waals surface area contributed by atoms with Crippen LogP contribution in [0, 0.1) is 29.6 Å². The first-order valence-electron chi connectivity index (χ1n) is 16.3. The number of hydrogen-bond donors (Lipinski definition) is 2. The van der Waals surface area contributed by atoms with E-state index in [1.54, 1.807) is 6.08 Å². The highest BCUT2D eigenvalue weighted by Gasteiger charge is 2.40. The van der Waals surface area contributed by atoms with Crippen LogP contribution in [0.15, 0.2) is 77.3 Å². The fraction of sp³-hybridized carbons (Fsp3) is 0.556. The van der Waals surface area contributed by atoms with E-state index in [-0.39, 0.29) is 30.6 Å². The molecule has 2 heterocycles. The summed E-state index contributed by atoms with van der Waals surface area (Å²) in [4.78, 5) is 27.1. The van der Waals surface area contributed by atoms with Crippen molar-refractivity contribution in [3.8, 4) is 0 Å². The normalized spacial score (nSPS) is 28.6. The summed E-state index contributed by atoms with van der Waals surface area (Å²) in [7, 11) is 0. The van der Waals surface area contributed by atoms with Gasteiger partial charge in [0.1, 0.15) is 11.9 Å². The molecule has 1 saturated heterocycles. The van der Waals surface area contributed by atoms with Crippen molar-refractivity contribution in [1.82, 2.24) is 10.2 Å². The second-order valence-electron chi connectivity index (χ2n) is 12.9. The number of piperidine rings is 1. The van der Waals surface area contributed by atoms with E-state index in [0.717, 1.165) is 44.2 Å². The van der Waals surface area contributed by atoms with Crippen LogP contribution in [0.25, 0.3) is 0 Å². The van der Waals surface area contributed by atoms with Gasteiger partial charge in [-0.2, -0.15) is 0 Å². The quantitative estimate of drug-likeness (QED) is 0.291. The molecule has 0 aromatic heterocycles. The van der Waals surface area contributed by atoms with Crippen molar-refractivity contribution in [2.45, 2.75) is 71.1 Å². The minimum atomic E-state index is -1.99. The molecular weight excluding hydrogens is 562 g/mol. The topological polar surface area (TPSA) is 78.9 Å². The number of rotatable bonds is 9. The van der Waals surface area contributed by atoms with Gasteiger partial charge in [0.15, 0.2) is 12.0 Å². The van der Waals surface area contributed by atoms with E-state index >= 15 is 8.78 Å². The Morgan fingerprint density at radius 2 is 1.91 bits per heavy atom. The molecule has 5 unspecified atom stereocenters. The zero-order chi connectivity index (χ0) is 31.2. The monoisotopic (exact) mass is 608 g/mol.